The van der Waals surface area contributed by atoms with E-state index >= 15 is 0 Å². The van der Waals surface area contributed by atoms with E-state index in [0.717, 1.165) is 5.69 Å². The Hall–Kier alpha value is -2.33. The number of nitrogens with zero attached hydrogens (tertiary/aromatic N) is 1. The van der Waals surface area contributed by atoms with Crippen LogP contribution in [0.15, 0.2) is 48.5 Å². The van der Waals surface area contributed by atoms with Crippen molar-refractivity contribution in [3.05, 3.63) is 64.7 Å². The number of benzene rings is 2. The van der Waals surface area contributed by atoms with Gasteiger partial charge in [0.2, 0.25) is 5.78 Å². The van der Waals surface area contributed by atoms with Gasteiger partial charge in [0, 0.05) is 30.4 Å². The van der Waals surface area contributed by atoms with Crippen molar-refractivity contribution < 1.29 is 14.3 Å². The minimum atomic E-state index is -0.885. The fraction of sp³-hybridized carbons (Fsp3) is 0.222. The number of hydrogen-bond donors (Lipinski definition) is 0. The number of anilines is 1. The molecule has 4 nitrogen and oxygen atoms in total. The van der Waals surface area contributed by atoms with Crippen LogP contribution in [0.1, 0.15) is 27.6 Å². The Kier molecular flexibility index (Phi) is 5.40. The molecule has 2 rings (SSSR count). The number of ether oxygens (including phenoxy) is 1. The van der Waals surface area contributed by atoms with Crippen LogP contribution >= 0.6 is 11.6 Å². The van der Waals surface area contributed by atoms with Gasteiger partial charge < -0.3 is 9.64 Å². The van der Waals surface area contributed by atoms with Gasteiger partial charge in [0.1, 0.15) is 0 Å². The van der Waals surface area contributed by atoms with Crippen molar-refractivity contribution in [3.8, 4) is 0 Å². The van der Waals surface area contributed by atoms with Crippen molar-refractivity contribution in [2.45, 2.75) is 13.0 Å². The summed E-state index contributed by atoms with van der Waals surface area (Å²) in [4.78, 5) is 26.4. The molecule has 120 valence electrons. The van der Waals surface area contributed by atoms with Crippen LogP contribution < -0.4 is 4.90 Å². The standard InChI is InChI=1S/C18H18ClNO3/c1-12(17(21)13-6-4-8-15(19)10-13)23-18(22)14-7-5-9-16(11-14)20(2)3/h4-12H,1-3H3. The lowest BCUT2D eigenvalue weighted by Crippen LogP contribution is -2.24. The minimum absolute atomic E-state index is 0.287. The first-order valence-corrected chi connectivity index (χ1v) is 7.54. The SMILES string of the molecule is CC(OC(=O)c1cccc(N(C)C)c1)C(=O)c1cccc(Cl)c1. The van der Waals surface area contributed by atoms with Gasteiger partial charge in [0.05, 0.1) is 5.56 Å². The van der Waals surface area contributed by atoms with Gasteiger partial charge in [-0.1, -0.05) is 29.8 Å². The number of rotatable bonds is 5. The summed E-state index contributed by atoms with van der Waals surface area (Å²) >= 11 is 5.88. The molecule has 0 aliphatic carbocycles. The molecule has 0 saturated carbocycles. The third kappa shape index (κ3) is 4.33. The van der Waals surface area contributed by atoms with E-state index < -0.39 is 12.1 Å². The van der Waals surface area contributed by atoms with E-state index in [1.165, 1.54) is 0 Å². The molecule has 0 aromatic heterocycles. The molecule has 0 N–H and O–H groups in total. The van der Waals surface area contributed by atoms with Crippen LogP contribution in [0.5, 0.6) is 0 Å². The second-order valence-corrected chi connectivity index (χ2v) is 5.80. The summed E-state index contributed by atoms with van der Waals surface area (Å²) in [6, 6.07) is 13.6. The number of halogens is 1. The molecule has 0 bridgehead atoms. The minimum Gasteiger partial charge on any atom is -0.451 e. The summed E-state index contributed by atoms with van der Waals surface area (Å²) in [5.74, 6) is -0.818. The Balaban J connectivity index is 2.10. The van der Waals surface area contributed by atoms with Crippen LogP contribution in [0.25, 0.3) is 0 Å². The van der Waals surface area contributed by atoms with Gasteiger partial charge in [-0.2, -0.15) is 0 Å². The number of carbonyl (C=O) groups is 2. The molecule has 0 fully saturated rings. The summed E-state index contributed by atoms with van der Waals surface area (Å²) in [6.45, 7) is 1.55. The number of Topliss-reactive ketones (excluding diaryl/α,β-unsaturated/α-hetero) is 1. The summed E-state index contributed by atoms with van der Waals surface area (Å²) in [5, 5.41) is 0.466. The van der Waals surface area contributed by atoms with Crippen LogP contribution in [0, 0.1) is 0 Å². The predicted octanol–water partition coefficient (Wildman–Crippen LogP) is 3.83. The van der Waals surface area contributed by atoms with Gasteiger partial charge >= 0.3 is 5.97 Å². The van der Waals surface area contributed by atoms with E-state index in [4.69, 9.17) is 16.3 Å². The highest BCUT2D eigenvalue weighted by molar-refractivity contribution is 6.31. The number of hydrogen-bond acceptors (Lipinski definition) is 4. The van der Waals surface area contributed by atoms with Crippen molar-refractivity contribution in [2.75, 3.05) is 19.0 Å². The molecule has 1 atom stereocenters. The highest BCUT2D eigenvalue weighted by Gasteiger charge is 2.20. The zero-order valence-electron chi connectivity index (χ0n) is 13.2. The first-order chi connectivity index (χ1) is 10.9. The summed E-state index contributed by atoms with van der Waals surface area (Å²) in [5.41, 5.74) is 1.70. The van der Waals surface area contributed by atoms with Gasteiger partial charge in [0.25, 0.3) is 0 Å². The molecule has 23 heavy (non-hydrogen) atoms. The quantitative estimate of drug-likeness (QED) is 0.617. The lowest BCUT2D eigenvalue weighted by molar-refractivity contribution is 0.0319. The largest absolute Gasteiger partial charge is 0.451 e. The van der Waals surface area contributed by atoms with Crippen LogP contribution in [0.4, 0.5) is 5.69 Å². The molecular formula is C18H18ClNO3. The highest BCUT2D eigenvalue weighted by Crippen LogP contribution is 2.17. The number of esters is 1. The highest BCUT2D eigenvalue weighted by atomic mass is 35.5. The normalized spacial score (nSPS) is 11.7. The van der Waals surface area contributed by atoms with Gasteiger partial charge in [0.15, 0.2) is 6.10 Å². The maximum absolute atomic E-state index is 12.3. The lowest BCUT2D eigenvalue weighted by atomic mass is 10.1. The Morgan fingerprint density at radius 1 is 1.04 bits per heavy atom. The zero-order valence-corrected chi connectivity index (χ0v) is 14.0. The Morgan fingerprint density at radius 2 is 1.70 bits per heavy atom. The van der Waals surface area contributed by atoms with Gasteiger partial charge in [-0.25, -0.2) is 4.79 Å². The van der Waals surface area contributed by atoms with E-state index in [2.05, 4.69) is 0 Å². The molecule has 0 aliphatic rings. The van der Waals surface area contributed by atoms with Gasteiger partial charge in [-0.3, -0.25) is 4.79 Å². The molecule has 0 heterocycles. The van der Waals surface area contributed by atoms with Crippen LogP contribution in [-0.4, -0.2) is 32.0 Å². The monoisotopic (exact) mass is 331 g/mol. The number of ketones is 1. The fourth-order valence-corrected chi connectivity index (χ4v) is 2.26. The van der Waals surface area contributed by atoms with Crippen LogP contribution in [0.3, 0.4) is 0 Å². The molecule has 1 unspecified atom stereocenters. The van der Waals surface area contributed by atoms with E-state index in [9.17, 15) is 9.59 Å². The maximum Gasteiger partial charge on any atom is 0.338 e. The van der Waals surface area contributed by atoms with E-state index in [-0.39, 0.29) is 5.78 Å². The number of carbonyl (C=O) groups excluding carboxylic acids is 2. The Labute approximate surface area is 140 Å². The van der Waals surface area contributed by atoms with Crippen molar-refractivity contribution in [3.63, 3.8) is 0 Å². The average Bonchev–Trinajstić information content (AvgIpc) is 2.54. The van der Waals surface area contributed by atoms with Gasteiger partial charge in [-0.15, -0.1) is 0 Å². The van der Waals surface area contributed by atoms with Gasteiger partial charge in [-0.05, 0) is 37.3 Å². The zero-order chi connectivity index (χ0) is 17.0. The fourth-order valence-electron chi connectivity index (χ4n) is 2.07. The summed E-state index contributed by atoms with van der Waals surface area (Å²) < 4.78 is 5.28. The smallest absolute Gasteiger partial charge is 0.338 e. The van der Waals surface area contributed by atoms with Crippen molar-refractivity contribution in [2.24, 2.45) is 0 Å². The van der Waals surface area contributed by atoms with E-state index in [0.29, 0.717) is 16.1 Å². The van der Waals surface area contributed by atoms with E-state index in [1.54, 1.807) is 49.4 Å². The first kappa shape index (κ1) is 17.0. The second-order valence-electron chi connectivity index (χ2n) is 5.37. The third-order valence-electron chi connectivity index (χ3n) is 3.36. The van der Waals surface area contributed by atoms with Crippen molar-refractivity contribution in [1.82, 2.24) is 0 Å². The molecular weight excluding hydrogens is 314 g/mol. The van der Waals surface area contributed by atoms with Crippen molar-refractivity contribution in [1.29, 1.82) is 0 Å². The molecule has 5 heteroatoms. The third-order valence-corrected chi connectivity index (χ3v) is 3.60. The van der Waals surface area contributed by atoms with Crippen LogP contribution in [-0.2, 0) is 4.74 Å². The summed E-state index contributed by atoms with van der Waals surface area (Å²) in [7, 11) is 3.77. The molecule has 0 radical (unpaired) electrons. The Morgan fingerprint density at radius 3 is 2.35 bits per heavy atom. The predicted molar refractivity (Wildman–Crippen MR) is 91.4 cm³/mol. The molecule has 2 aromatic rings. The van der Waals surface area contributed by atoms with Crippen LogP contribution in [0.2, 0.25) is 5.02 Å². The van der Waals surface area contributed by atoms with E-state index in [1.807, 2.05) is 25.1 Å². The topological polar surface area (TPSA) is 46.6 Å². The lowest BCUT2D eigenvalue weighted by Gasteiger charge is -2.15. The maximum atomic E-state index is 12.3. The average molecular weight is 332 g/mol. The first-order valence-electron chi connectivity index (χ1n) is 7.16. The molecule has 0 spiro atoms. The second kappa shape index (κ2) is 7.29. The Bertz CT molecular complexity index is 728. The van der Waals surface area contributed by atoms with Crippen molar-refractivity contribution >= 4 is 29.0 Å². The molecule has 0 amide bonds. The molecule has 2 aromatic carbocycles. The molecule has 0 aliphatic heterocycles. The summed E-state index contributed by atoms with van der Waals surface area (Å²) in [6.07, 6.45) is -0.885. The molecule has 0 saturated heterocycles.